The van der Waals surface area contributed by atoms with E-state index in [1.165, 1.54) is 0 Å². The van der Waals surface area contributed by atoms with Gasteiger partial charge in [0.25, 0.3) is 0 Å². The highest BCUT2D eigenvalue weighted by Crippen LogP contribution is 2.33. The number of hydrogen-bond donors (Lipinski definition) is 1. The van der Waals surface area contributed by atoms with Crippen LogP contribution >= 0.6 is 23.2 Å². The lowest BCUT2D eigenvalue weighted by Crippen LogP contribution is -1.92. The third-order valence-electron chi connectivity index (χ3n) is 1.72. The zero-order valence-corrected chi connectivity index (χ0v) is 9.08. The van der Waals surface area contributed by atoms with Crippen molar-refractivity contribution >= 4 is 35.0 Å². The maximum atomic E-state index is 6.01. The van der Waals surface area contributed by atoms with E-state index in [1.54, 1.807) is 6.07 Å². The summed E-state index contributed by atoms with van der Waals surface area (Å²) >= 11 is 11.9. The number of anilines is 1. The second kappa shape index (κ2) is 4.54. The van der Waals surface area contributed by atoms with Crippen molar-refractivity contribution < 1.29 is 0 Å². The van der Waals surface area contributed by atoms with Crippen molar-refractivity contribution in [2.45, 2.75) is 6.92 Å². The first-order valence-corrected chi connectivity index (χ1v) is 4.74. The molecular formula is C10H11Cl2N. The van der Waals surface area contributed by atoms with Gasteiger partial charge in [0, 0.05) is 7.05 Å². The summed E-state index contributed by atoms with van der Waals surface area (Å²) in [5.41, 5.74) is 1.91. The van der Waals surface area contributed by atoms with Gasteiger partial charge in [0.15, 0.2) is 0 Å². The topological polar surface area (TPSA) is 12.0 Å². The molecule has 0 saturated carbocycles. The standard InChI is InChI=1S/C10H11Cl2N/c1-3-4-7-5-6-8(11)9(12)10(7)13-2/h3-6,13H,1-2H3/b4-3+. The number of halogens is 2. The molecule has 0 aliphatic carbocycles. The van der Waals surface area contributed by atoms with Crippen LogP contribution in [0.4, 0.5) is 5.69 Å². The number of hydrogen-bond acceptors (Lipinski definition) is 1. The Morgan fingerprint density at radius 3 is 2.54 bits per heavy atom. The first-order valence-electron chi connectivity index (χ1n) is 3.99. The van der Waals surface area contributed by atoms with Crippen LogP contribution in [0, 0.1) is 0 Å². The number of allylic oxidation sites excluding steroid dienone is 1. The monoisotopic (exact) mass is 215 g/mol. The van der Waals surface area contributed by atoms with Crippen LogP contribution in [0.2, 0.25) is 10.0 Å². The van der Waals surface area contributed by atoms with E-state index < -0.39 is 0 Å². The largest absolute Gasteiger partial charge is 0.386 e. The minimum absolute atomic E-state index is 0.569. The van der Waals surface area contributed by atoms with E-state index in [0.29, 0.717) is 10.0 Å². The van der Waals surface area contributed by atoms with Crippen molar-refractivity contribution in [1.82, 2.24) is 0 Å². The molecular weight excluding hydrogens is 205 g/mol. The summed E-state index contributed by atoms with van der Waals surface area (Å²) in [4.78, 5) is 0. The molecule has 1 N–H and O–H groups in total. The van der Waals surface area contributed by atoms with Crippen LogP contribution in [0.3, 0.4) is 0 Å². The van der Waals surface area contributed by atoms with Crippen LogP contribution in [-0.2, 0) is 0 Å². The van der Waals surface area contributed by atoms with Gasteiger partial charge in [-0.2, -0.15) is 0 Å². The van der Waals surface area contributed by atoms with Gasteiger partial charge in [0.05, 0.1) is 15.7 Å². The van der Waals surface area contributed by atoms with Crippen LogP contribution in [0.25, 0.3) is 6.08 Å². The lowest BCUT2D eigenvalue weighted by atomic mass is 10.1. The van der Waals surface area contributed by atoms with Gasteiger partial charge in [-0.15, -0.1) is 0 Å². The zero-order chi connectivity index (χ0) is 9.84. The fourth-order valence-corrected chi connectivity index (χ4v) is 1.56. The minimum atomic E-state index is 0.569. The average molecular weight is 216 g/mol. The molecule has 0 radical (unpaired) electrons. The highest BCUT2D eigenvalue weighted by Gasteiger charge is 2.06. The predicted octanol–water partition coefficient (Wildman–Crippen LogP) is 4.07. The van der Waals surface area contributed by atoms with Crippen molar-refractivity contribution in [1.29, 1.82) is 0 Å². The molecule has 0 amide bonds. The van der Waals surface area contributed by atoms with E-state index >= 15 is 0 Å². The molecule has 70 valence electrons. The maximum absolute atomic E-state index is 6.01. The summed E-state index contributed by atoms with van der Waals surface area (Å²) in [6, 6.07) is 3.72. The quantitative estimate of drug-likeness (QED) is 0.785. The fourth-order valence-electron chi connectivity index (χ4n) is 1.14. The van der Waals surface area contributed by atoms with Gasteiger partial charge in [0.2, 0.25) is 0 Å². The molecule has 1 aromatic rings. The van der Waals surface area contributed by atoms with Crippen molar-refractivity contribution in [2.24, 2.45) is 0 Å². The predicted molar refractivity (Wildman–Crippen MR) is 60.7 cm³/mol. The summed E-state index contributed by atoms with van der Waals surface area (Å²) in [6.45, 7) is 1.96. The normalized spacial score (nSPS) is 10.8. The summed E-state index contributed by atoms with van der Waals surface area (Å²) in [7, 11) is 1.82. The highest BCUT2D eigenvalue weighted by molar-refractivity contribution is 6.44. The summed E-state index contributed by atoms with van der Waals surface area (Å²) in [5, 5.41) is 4.16. The Hall–Kier alpha value is -0.660. The first kappa shape index (κ1) is 10.4. The molecule has 3 heteroatoms. The lowest BCUT2D eigenvalue weighted by Gasteiger charge is -2.08. The molecule has 0 atom stereocenters. The van der Waals surface area contributed by atoms with Gasteiger partial charge in [-0.25, -0.2) is 0 Å². The third kappa shape index (κ3) is 2.17. The van der Waals surface area contributed by atoms with E-state index in [4.69, 9.17) is 23.2 Å². The second-order valence-electron chi connectivity index (χ2n) is 2.58. The maximum Gasteiger partial charge on any atom is 0.0829 e. The van der Waals surface area contributed by atoms with Gasteiger partial charge < -0.3 is 5.32 Å². The van der Waals surface area contributed by atoms with Crippen molar-refractivity contribution in [3.63, 3.8) is 0 Å². The van der Waals surface area contributed by atoms with Crippen LogP contribution in [0.1, 0.15) is 12.5 Å². The molecule has 0 unspecified atom stereocenters. The minimum Gasteiger partial charge on any atom is -0.386 e. The SMILES string of the molecule is C/C=C/c1ccc(Cl)c(Cl)c1NC. The van der Waals surface area contributed by atoms with Crippen molar-refractivity contribution in [2.75, 3.05) is 12.4 Å². The molecule has 0 saturated heterocycles. The van der Waals surface area contributed by atoms with Gasteiger partial charge >= 0.3 is 0 Å². The Morgan fingerprint density at radius 1 is 1.31 bits per heavy atom. The van der Waals surface area contributed by atoms with E-state index in [1.807, 2.05) is 32.2 Å². The third-order valence-corrected chi connectivity index (χ3v) is 2.53. The highest BCUT2D eigenvalue weighted by atomic mass is 35.5. The van der Waals surface area contributed by atoms with E-state index in [0.717, 1.165) is 11.3 Å². The second-order valence-corrected chi connectivity index (χ2v) is 3.36. The first-order chi connectivity index (χ1) is 6.20. The van der Waals surface area contributed by atoms with Gasteiger partial charge in [-0.05, 0) is 18.6 Å². The Labute approximate surface area is 88.4 Å². The zero-order valence-electron chi connectivity index (χ0n) is 7.57. The van der Waals surface area contributed by atoms with Crippen LogP contribution in [-0.4, -0.2) is 7.05 Å². The molecule has 0 heterocycles. The van der Waals surface area contributed by atoms with Crippen molar-refractivity contribution in [3.8, 4) is 0 Å². The van der Waals surface area contributed by atoms with Gasteiger partial charge in [0.1, 0.15) is 0 Å². The molecule has 0 spiro atoms. The molecule has 13 heavy (non-hydrogen) atoms. The molecule has 1 aromatic carbocycles. The van der Waals surface area contributed by atoms with Gasteiger partial charge in [-0.1, -0.05) is 41.4 Å². The van der Waals surface area contributed by atoms with Crippen molar-refractivity contribution in [3.05, 3.63) is 33.8 Å². The Morgan fingerprint density at radius 2 is 2.00 bits per heavy atom. The van der Waals surface area contributed by atoms with Crippen LogP contribution in [0.15, 0.2) is 18.2 Å². The molecule has 0 aliphatic rings. The van der Waals surface area contributed by atoms with Crippen LogP contribution < -0.4 is 5.32 Å². The molecule has 0 aliphatic heterocycles. The van der Waals surface area contributed by atoms with Gasteiger partial charge in [-0.3, -0.25) is 0 Å². The molecule has 0 aromatic heterocycles. The summed E-state index contributed by atoms with van der Waals surface area (Å²) in [5.74, 6) is 0. The summed E-state index contributed by atoms with van der Waals surface area (Å²) in [6.07, 6.45) is 3.94. The smallest absolute Gasteiger partial charge is 0.0829 e. The number of nitrogens with one attached hydrogen (secondary N) is 1. The average Bonchev–Trinajstić information content (AvgIpc) is 2.12. The molecule has 1 nitrogen and oxygen atoms in total. The molecule has 0 bridgehead atoms. The van der Waals surface area contributed by atoms with E-state index in [2.05, 4.69) is 5.32 Å². The van der Waals surface area contributed by atoms with E-state index in [-0.39, 0.29) is 0 Å². The van der Waals surface area contributed by atoms with E-state index in [9.17, 15) is 0 Å². The Kier molecular flexibility index (Phi) is 3.64. The number of rotatable bonds is 2. The Balaban J connectivity index is 3.29. The van der Waals surface area contributed by atoms with Crippen LogP contribution in [0.5, 0.6) is 0 Å². The Bertz CT molecular complexity index is 332. The molecule has 1 rings (SSSR count). The molecule has 0 fully saturated rings. The number of benzene rings is 1. The summed E-state index contributed by atoms with van der Waals surface area (Å²) < 4.78 is 0. The fraction of sp³-hybridized carbons (Fsp3) is 0.200. The lowest BCUT2D eigenvalue weighted by molar-refractivity contribution is 1.49.